The first-order chi connectivity index (χ1) is 9.86. The molecule has 1 aromatic carbocycles. The standard InChI is InChI=1S/C16H24Cl2N2O/c1-5-8-20(10-9-19(3)4)12(2)16(21)14-7-6-13(17)11-15(14)18/h6-7,11-12H,5,8-10H2,1-4H3. The summed E-state index contributed by atoms with van der Waals surface area (Å²) in [5.41, 5.74) is 0.541. The van der Waals surface area contributed by atoms with Gasteiger partial charge in [0, 0.05) is 23.7 Å². The van der Waals surface area contributed by atoms with E-state index < -0.39 is 0 Å². The third-order valence-electron chi connectivity index (χ3n) is 3.47. The summed E-state index contributed by atoms with van der Waals surface area (Å²) in [5.74, 6) is 0.0453. The lowest BCUT2D eigenvalue weighted by Gasteiger charge is -2.29. The Morgan fingerprint density at radius 1 is 1.19 bits per heavy atom. The monoisotopic (exact) mass is 330 g/mol. The summed E-state index contributed by atoms with van der Waals surface area (Å²) in [6.07, 6.45) is 1.01. The normalized spacial score (nSPS) is 13.0. The van der Waals surface area contributed by atoms with Crippen LogP contribution in [0.4, 0.5) is 0 Å². The highest BCUT2D eigenvalue weighted by molar-refractivity contribution is 6.37. The third-order valence-corrected chi connectivity index (χ3v) is 4.02. The molecule has 0 aliphatic heterocycles. The molecule has 1 atom stereocenters. The average Bonchev–Trinajstić information content (AvgIpc) is 2.41. The number of likely N-dealkylation sites (N-methyl/N-ethyl adjacent to an activating group) is 1. The van der Waals surface area contributed by atoms with Gasteiger partial charge in [0.15, 0.2) is 5.78 Å². The van der Waals surface area contributed by atoms with Crippen molar-refractivity contribution in [1.82, 2.24) is 9.80 Å². The molecule has 0 saturated carbocycles. The van der Waals surface area contributed by atoms with Crippen LogP contribution in [0.5, 0.6) is 0 Å². The van der Waals surface area contributed by atoms with E-state index in [-0.39, 0.29) is 11.8 Å². The topological polar surface area (TPSA) is 23.6 Å². The first-order valence-electron chi connectivity index (χ1n) is 7.24. The molecule has 0 aliphatic carbocycles. The van der Waals surface area contributed by atoms with Crippen molar-refractivity contribution in [2.24, 2.45) is 0 Å². The zero-order valence-corrected chi connectivity index (χ0v) is 14.7. The maximum absolute atomic E-state index is 12.7. The van der Waals surface area contributed by atoms with Crippen molar-refractivity contribution >= 4 is 29.0 Å². The van der Waals surface area contributed by atoms with Gasteiger partial charge in [0.05, 0.1) is 11.1 Å². The highest BCUT2D eigenvalue weighted by Crippen LogP contribution is 2.23. The molecule has 0 fully saturated rings. The molecule has 0 bridgehead atoms. The average molecular weight is 331 g/mol. The van der Waals surface area contributed by atoms with Gasteiger partial charge >= 0.3 is 0 Å². The van der Waals surface area contributed by atoms with Crippen LogP contribution in [0.15, 0.2) is 18.2 Å². The lowest BCUT2D eigenvalue weighted by Crippen LogP contribution is -2.43. The number of halogens is 2. The number of rotatable bonds is 8. The smallest absolute Gasteiger partial charge is 0.181 e. The molecule has 0 N–H and O–H groups in total. The molecule has 0 saturated heterocycles. The number of carbonyl (C=O) groups is 1. The van der Waals surface area contributed by atoms with E-state index in [2.05, 4.69) is 16.7 Å². The molecule has 118 valence electrons. The first-order valence-corrected chi connectivity index (χ1v) is 8.00. The van der Waals surface area contributed by atoms with Crippen LogP contribution in [0.2, 0.25) is 10.0 Å². The number of benzene rings is 1. The van der Waals surface area contributed by atoms with E-state index in [0.29, 0.717) is 15.6 Å². The highest BCUT2D eigenvalue weighted by Gasteiger charge is 2.23. The van der Waals surface area contributed by atoms with Gasteiger partial charge in [-0.05, 0) is 52.2 Å². The lowest BCUT2D eigenvalue weighted by atomic mass is 10.0. The van der Waals surface area contributed by atoms with Crippen molar-refractivity contribution < 1.29 is 4.79 Å². The Morgan fingerprint density at radius 2 is 1.86 bits per heavy atom. The van der Waals surface area contributed by atoms with Crippen LogP contribution >= 0.6 is 23.2 Å². The van der Waals surface area contributed by atoms with Gasteiger partial charge in [0.1, 0.15) is 0 Å². The van der Waals surface area contributed by atoms with Crippen LogP contribution in [0.1, 0.15) is 30.6 Å². The van der Waals surface area contributed by atoms with Gasteiger partial charge in [0.25, 0.3) is 0 Å². The van der Waals surface area contributed by atoms with Gasteiger partial charge in [-0.1, -0.05) is 30.1 Å². The fourth-order valence-electron chi connectivity index (χ4n) is 2.19. The molecule has 0 aliphatic rings. The van der Waals surface area contributed by atoms with Gasteiger partial charge in [-0.3, -0.25) is 9.69 Å². The summed E-state index contributed by atoms with van der Waals surface area (Å²) in [5, 5.41) is 0.964. The van der Waals surface area contributed by atoms with Gasteiger partial charge in [-0.25, -0.2) is 0 Å². The van der Waals surface area contributed by atoms with Crippen molar-refractivity contribution in [3.63, 3.8) is 0 Å². The van der Waals surface area contributed by atoms with E-state index in [0.717, 1.165) is 26.1 Å². The highest BCUT2D eigenvalue weighted by atomic mass is 35.5. The fraction of sp³-hybridized carbons (Fsp3) is 0.562. The molecular formula is C16H24Cl2N2O. The number of nitrogens with zero attached hydrogens (tertiary/aromatic N) is 2. The van der Waals surface area contributed by atoms with E-state index in [9.17, 15) is 4.79 Å². The van der Waals surface area contributed by atoms with Crippen molar-refractivity contribution in [3.05, 3.63) is 33.8 Å². The Balaban J connectivity index is 2.86. The molecule has 0 aromatic heterocycles. The van der Waals surface area contributed by atoms with Crippen LogP contribution in [0.3, 0.4) is 0 Å². The van der Waals surface area contributed by atoms with Crippen LogP contribution in [0.25, 0.3) is 0 Å². The molecule has 0 radical (unpaired) electrons. The number of hydrogen-bond acceptors (Lipinski definition) is 3. The van der Waals surface area contributed by atoms with Crippen molar-refractivity contribution in [2.75, 3.05) is 33.7 Å². The zero-order chi connectivity index (χ0) is 16.0. The van der Waals surface area contributed by atoms with E-state index in [4.69, 9.17) is 23.2 Å². The van der Waals surface area contributed by atoms with Gasteiger partial charge in [-0.15, -0.1) is 0 Å². The minimum atomic E-state index is -0.191. The molecule has 0 heterocycles. The molecule has 21 heavy (non-hydrogen) atoms. The van der Waals surface area contributed by atoms with Crippen LogP contribution < -0.4 is 0 Å². The SMILES string of the molecule is CCCN(CCN(C)C)C(C)C(=O)c1ccc(Cl)cc1Cl. The maximum Gasteiger partial charge on any atom is 0.181 e. The second-order valence-corrected chi connectivity index (χ2v) is 6.35. The van der Waals surface area contributed by atoms with E-state index >= 15 is 0 Å². The van der Waals surface area contributed by atoms with Crippen molar-refractivity contribution in [2.45, 2.75) is 26.3 Å². The summed E-state index contributed by atoms with van der Waals surface area (Å²) < 4.78 is 0. The molecule has 1 unspecified atom stereocenters. The molecule has 1 rings (SSSR count). The summed E-state index contributed by atoms with van der Waals surface area (Å²) in [6, 6.07) is 4.84. The first kappa shape index (κ1) is 18.4. The van der Waals surface area contributed by atoms with Crippen molar-refractivity contribution in [3.8, 4) is 0 Å². The largest absolute Gasteiger partial charge is 0.308 e. The van der Waals surface area contributed by atoms with E-state index in [1.807, 2.05) is 21.0 Å². The summed E-state index contributed by atoms with van der Waals surface area (Å²) >= 11 is 12.0. The molecule has 3 nitrogen and oxygen atoms in total. The summed E-state index contributed by atoms with van der Waals surface area (Å²) in [4.78, 5) is 17.0. The predicted molar refractivity (Wildman–Crippen MR) is 90.7 cm³/mol. The number of ketones is 1. The minimum Gasteiger partial charge on any atom is -0.308 e. The molecule has 5 heteroatoms. The number of Topliss-reactive ketones (excluding diaryl/α,β-unsaturated/α-hetero) is 1. The Hall–Kier alpha value is -0.610. The Kier molecular flexibility index (Phi) is 7.67. The van der Waals surface area contributed by atoms with E-state index in [1.54, 1.807) is 18.2 Å². The lowest BCUT2D eigenvalue weighted by molar-refractivity contribution is 0.0828. The van der Waals surface area contributed by atoms with Gasteiger partial charge in [-0.2, -0.15) is 0 Å². The summed E-state index contributed by atoms with van der Waals surface area (Å²) in [6.45, 7) is 6.74. The fourth-order valence-corrected chi connectivity index (χ4v) is 2.70. The number of hydrogen-bond donors (Lipinski definition) is 0. The predicted octanol–water partition coefficient (Wildman–Crippen LogP) is 3.84. The van der Waals surface area contributed by atoms with Crippen LogP contribution in [-0.2, 0) is 0 Å². The zero-order valence-electron chi connectivity index (χ0n) is 13.2. The third kappa shape index (κ3) is 5.59. The molecule has 1 aromatic rings. The Labute approximate surface area is 137 Å². The molecule has 0 spiro atoms. The van der Waals surface area contributed by atoms with Crippen molar-refractivity contribution in [1.29, 1.82) is 0 Å². The van der Waals surface area contributed by atoms with Gasteiger partial charge < -0.3 is 4.90 Å². The molecular weight excluding hydrogens is 307 g/mol. The quantitative estimate of drug-likeness (QED) is 0.676. The second kappa shape index (κ2) is 8.74. The number of carbonyl (C=O) groups excluding carboxylic acids is 1. The Morgan fingerprint density at radius 3 is 2.38 bits per heavy atom. The molecule has 0 amide bonds. The minimum absolute atomic E-state index is 0.0453. The van der Waals surface area contributed by atoms with Gasteiger partial charge in [0.2, 0.25) is 0 Å². The maximum atomic E-state index is 12.7. The van der Waals surface area contributed by atoms with Crippen LogP contribution in [-0.4, -0.2) is 55.4 Å². The Bertz CT molecular complexity index is 477. The summed E-state index contributed by atoms with van der Waals surface area (Å²) in [7, 11) is 4.07. The van der Waals surface area contributed by atoms with E-state index in [1.165, 1.54) is 0 Å². The van der Waals surface area contributed by atoms with Crippen LogP contribution in [0, 0.1) is 0 Å². The second-order valence-electron chi connectivity index (χ2n) is 5.50.